The van der Waals surface area contributed by atoms with Gasteiger partial charge in [-0.1, -0.05) is 30.8 Å². The van der Waals surface area contributed by atoms with Crippen molar-refractivity contribution in [2.24, 2.45) is 0 Å². The molecule has 23 heavy (non-hydrogen) atoms. The molecular weight excluding hydrogens is 332 g/mol. The predicted octanol–water partition coefficient (Wildman–Crippen LogP) is 2.35. The van der Waals surface area contributed by atoms with Gasteiger partial charge in [-0.25, -0.2) is 9.89 Å². The zero-order valence-corrected chi connectivity index (χ0v) is 14.7. The number of carbonyl (C=O) groups is 1. The molecule has 2 heterocycles. The van der Waals surface area contributed by atoms with E-state index < -0.39 is 0 Å². The van der Waals surface area contributed by atoms with Crippen molar-refractivity contribution in [3.05, 3.63) is 45.5 Å². The van der Waals surface area contributed by atoms with E-state index in [4.69, 9.17) is 0 Å². The van der Waals surface area contributed by atoms with Crippen molar-refractivity contribution in [1.29, 1.82) is 0 Å². The summed E-state index contributed by atoms with van der Waals surface area (Å²) in [5.41, 5.74) is -0.233. The third-order valence-corrected chi connectivity index (χ3v) is 4.95. The van der Waals surface area contributed by atoms with Gasteiger partial charge >= 0.3 is 5.69 Å². The highest BCUT2D eigenvalue weighted by molar-refractivity contribution is 7.99. The van der Waals surface area contributed by atoms with Crippen LogP contribution in [0, 0.1) is 0 Å². The molecule has 0 saturated heterocycles. The molecule has 0 unspecified atom stereocenters. The van der Waals surface area contributed by atoms with Gasteiger partial charge in [-0.2, -0.15) is 0 Å². The van der Waals surface area contributed by atoms with Crippen LogP contribution in [0.1, 0.15) is 18.2 Å². The van der Waals surface area contributed by atoms with Gasteiger partial charge in [0.05, 0.1) is 12.3 Å². The minimum atomic E-state index is -0.233. The number of aromatic amines is 1. The molecule has 0 aliphatic carbocycles. The zero-order valence-electron chi connectivity index (χ0n) is 13.0. The Balaban J connectivity index is 1.98. The first-order valence-corrected chi connectivity index (χ1v) is 9.21. The topological polar surface area (TPSA) is 71.0 Å². The molecule has 2 aromatic rings. The lowest BCUT2D eigenvalue weighted by Gasteiger charge is -2.20. The molecule has 6 nitrogen and oxygen atoms in total. The number of amides is 1. The first kappa shape index (κ1) is 17.6. The Bertz CT molecular complexity index is 691. The molecule has 0 bridgehead atoms. The van der Waals surface area contributed by atoms with E-state index in [9.17, 15) is 9.59 Å². The van der Waals surface area contributed by atoms with Gasteiger partial charge in [0.2, 0.25) is 5.91 Å². The van der Waals surface area contributed by atoms with Crippen molar-refractivity contribution in [3.63, 3.8) is 0 Å². The van der Waals surface area contributed by atoms with E-state index in [2.05, 4.69) is 16.8 Å². The van der Waals surface area contributed by atoms with Crippen molar-refractivity contribution in [1.82, 2.24) is 19.7 Å². The Morgan fingerprint density at radius 2 is 2.43 bits per heavy atom. The van der Waals surface area contributed by atoms with Crippen molar-refractivity contribution in [2.45, 2.75) is 31.6 Å². The molecule has 0 aromatic carbocycles. The van der Waals surface area contributed by atoms with E-state index in [1.165, 1.54) is 11.8 Å². The van der Waals surface area contributed by atoms with Crippen molar-refractivity contribution >= 4 is 29.0 Å². The smallest absolute Gasteiger partial charge is 0.333 e. The molecule has 0 radical (unpaired) electrons. The van der Waals surface area contributed by atoms with Gasteiger partial charge in [0.25, 0.3) is 0 Å². The van der Waals surface area contributed by atoms with Crippen LogP contribution < -0.4 is 5.69 Å². The summed E-state index contributed by atoms with van der Waals surface area (Å²) in [5, 5.41) is 8.97. The number of thioether (sulfide) groups is 1. The number of rotatable bonds is 9. The summed E-state index contributed by atoms with van der Waals surface area (Å²) in [4.78, 5) is 27.0. The highest BCUT2D eigenvalue weighted by atomic mass is 32.2. The maximum atomic E-state index is 12.4. The van der Waals surface area contributed by atoms with E-state index in [1.54, 1.807) is 26.9 Å². The van der Waals surface area contributed by atoms with Crippen LogP contribution in [-0.2, 0) is 17.9 Å². The standard InChI is InChI=1S/C15H20N4O2S2/c1-3-7-18(10-12-6-5-9-22-12)13(20)11-23-15-17-16-14(21)19(15)8-4-2/h3,5-6,9H,1,4,7-8,10-11H2,2H3,(H,16,21). The molecule has 0 fully saturated rings. The minimum Gasteiger partial charge on any atom is -0.333 e. The lowest BCUT2D eigenvalue weighted by Crippen LogP contribution is -2.32. The molecule has 2 rings (SSSR count). The zero-order chi connectivity index (χ0) is 16.7. The second-order valence-corrected chi connectivity index (χ2v) is 6.87. The van der Waals surface area contributed by atoms with Gasteiger partial charge in [-0.05, 0) is 17.9 Å². The number of nitrogens with one attached hydrogen (secondary N) is 1. The third-order valence-electron chi connectivity index (χ3n) is 3.12. The highest BCUT2D eigenvalue weighted by Crippen LogP contribution is 2.17. The molecule has 0 atom stereocenters. The van der Waals surface area contributed by atoms with Crippen molar-refractivity contribution < 1.29 is 4.79 Å². The Morgan fingerprint density at radius 3 is 3.09 bits per heavy atom. The molecule has 0 aliphatic heterocycles. The summed E-state index contributed by atoms with van der Waals surface area (Å²) in [6.45, 7) is 7.37. The maximum Gasteiger partial charge on any atom is 0.343 e. The van der Waals surface area contributed by atoms with E-state index >= 15 is 0 Å². The summed E-state index contributed by atoms with van der Waals surface area (Å²) >= 11 is 2.90. The summed E-state index contributed by atoms with van der Waals surface area (Å²) in [6.07, 6.45) is 2.56. The lowest BCUT2D eigenvalue weighted by molar-refractivity contribution is -0.128. The molecule has 1 amide bonds. The number of thiophene rings is 1. The molecule has 0 saturated carbocycles. The van der Waals surface area contributed by atoms with Gasteiger partial charge in [-0.3, -0.25) is 9.36 Å². The van der Waals surface area contributed by atoms with Crippen LogP contribution in [0.15, 0.2) is 40.1 Å². The summed E-state index contributed by atoms with van der Waals surface area (Å²) < 4.78 is 1.56. The molecular formula is C15H20N4O2S2. The number of nitrogens with zero attached hydrogens (tertiary/aromatic N) is 3. The fourth-order valence-electron chi connectivity index (χ4n) is 2.05. The maximum absolute atomic E-state index is 12.4. The van der Waals surface area contributed by atoms with E-state index in [0.717, 1.165) is 11.3 Å². The molecule has 2 aromatic heterocycles. The van der Waals surface area contributed by atoms with Crippen LogP contribution >= 0.6 is 23.1 Å². The Kier molecular flexibility index (Phi) is 6.66. The first-order valence-electron chi connectivity index (χ1n) is 7.34. The first-order chi connectivity index (χ1) is 11.2. The second-order valence-electron chi connectivity index (χ2n) is 4.89. The van der Waals surface area contributed by atoms with Gasteiger partial charge in [0.1, 0.15) is 0 Å². The minimum absolute atomic E-state index is 0.00166. The van der Waals surface area contributed by atoms with Crippen LogP contribution in [0.25, 0.3) is 0 Å². The summed E-state index contributed by atoms with van der Waals surface area (Å²) in [5.74, 6) is 0.245. The quantitative estimate of drug-likeness (QED) is 0.555. The molecule has 124 valence electrons. The Morgan fingerprint density at radius 1 is 1.61 bits per heavy atom. The van der Waals surface area contributed by atoms with Crippen LogP contribution in [0.4, 0.5) is 0 Å². The lowest BCUT2D eigenvalue weighted by atomic mass is 10.4. The van der Waals surface area contributed by atoms with E-state index in [0.29, 0.717) is 24.8 Å². The number of aromatic nitrogens is 3. The SMILES string of the molecule is C=CCN(Cc1cccs1)C(=O)CSc1n[nH]c(=O)n1CCC. The van der Waals surface area contributed by atoms with E-state index in [1.807, 2.05) is 24.4 Å². The highest BCUT2D eigenvalue weighted by Gasteiger charge is 2.16. The molecule has 8 heteroatoms. The van der Waals surface area contributed by atoms with Crippen molar-refractivity contribution in [2.75, 3.05) is 12.3 Å². The molecule has 0 spiro atoms. The summed E-state index contributed by atoms with van der Waals surface area (Å²) in [6, 6.07) is 3.98. The average Bonchev–Trinajstić information content (AvgIpc) is 3.16. The summed E-state index contributed by atoms with van der Waals surface area (Å²) in [7, 11) is 0. The van der Waals surface area contributed by atoms with E-state index in [-0.39, 0.29) is 17.3 Å². The fourth-order valence-corrected chi connectivity index (χ4v) is 3.65. The number of hydrogen-bond acceptors (Lipinski definition) is 5. The van der Waals surface area contributed by atoms with Gasteiger partial charge < -0.3 is 4.90 Å². The molecule has 0 aliphatic rings. The Hall–Kier alpha value is -1.80. The van der Waals surface area contributed by atoms with Crippen molar-refractivity contribution in [3.8, 4) is 0 Å². The van der Waals surface area contributed by atoms with Gasteiger partial charge in [0.15, 0.2) is 5.16 Å². The predicted molar refractivity (Wildman–Crippen MR) is 93.8 cm³/mol. The van der Waals surface area contributed by atoms with Gasteiger partial charge in [-0.15, -0.1) is 23.0 Å². The Labute approximate surface area is 143 Å². The molecule has 1 N–H and O–H groups in total. The average molecular weight is 352 g/mol. The van der Waals surface area contributed by atoms with Crippen LogP contribution in [0.2, 0.25) is 0 Å². The number of carbonyl (C=O) groups excluding carboxylic acids is 1. The van der Waals surface area contributed by atoms with Crippen LogP contribution in [0.5, 0.6) is 0 Å². The largest absolute Gasteiger partial charge is 0.343 e. The second kappa shape index (κ2) is 8.73. The third kappa shape index (κ3) is 4.84. The normalized spacial score (nSPS) is 10.7. The monoisotopic (exact) mass is 352 g/mol. The number of H-pyrrole nitrogens is 1. The fraction of sp³-hybridized carbons (Fsp3) is 0.400. The van der Waals surface area contributed by atoms with Gasteiger partial charge in [0, 0.05) is 18.0 Å². The number of hydrogen-bond donors (Lipinski definition) is 1. The van der Waals surface area contributed by atoms with Crippen LogP contribution in [0.3, 0.4) is 0 Å². The van der Waals surface area contributed by atoms with Crippen LogP contribution in [-0.4, -0.2) is 37.9 Å².